The van der Waals surface area contributed by atoms with Crippen LogP contribution in [0.25, 0.3) is 5.69 Å². The van der Waals surface area contributed by atoms with Crippen LogP contribution in [-0.2, 0) is 13.0 Å². The molecule has 0 atom stereocenters. The number of ether oxygens (including phenoxy) is 1. The summed E-state index contributed by atoms with van der Waals surface area (Å²) in [7, 11) is 0. The Hall–Kier alpha value is -3.19. The Labute approximate surface area is 196 Å². The standard InChI is InChI=1S/C26H34N6O/c1-17-18(2)25-20(14-26(3,4)33-25)21(24(17)28)15-30-9-11-31(12-10-30)19-5-6-22(27)23(13-19)32-8-7-29-16-32/h5-8,13,16H,9-12,14-15,27-28H2,1-4H3. The van der Waals surface area contributed by atoms with E-state index < -0.39 is 0 Å². The van der Waals surface area contributed by atoms with Gasteiger partial charge in [-0.1, -0.05) is 0 Å². The number of nitrogens with two attached hydrogens (primary N) is 2. The molecule has 1 saturated heterocycles. The maximum atomic E-state index is 6.65. The van der Waals surface area contributed by atoms with Crippen molar-refractivity contribution in [2.24, 2.45) is 0 Å². The lowest BCUT2D eigenvalue weighted by Crippen LogP contribution is -2.46. The molecular weight excluding hydrogens is 412 g/mol. The van der Waals surface area contributed by atoms with Crippen molar-refractivity contribution in [1.82, 2.24) is 14.5 Å². The molecule has 7 nitrogen and oxygen atoms in total. The molecule has 4 N–H and O–H groups in total. The van der Waals surface area contributed by atoms with E-state index in [1.807, 2.05) is 16.8 Å². The molecule has 0 spiro atoms. The molecule has 174 valence electrons. The van der Waals surface area contributed by atoms with Crippen molar-refractivity contribution in [3.05, 3.63) is 59.2 Å². The normalized spacial score (nSPS) is 17.8. The highest BCUT2D eigenvalue weighted by atomic mass is 16.5. The van der Waals surface area contributed by atoms with E-state index in [2.05, 4.69) is 54.6 Å². The Morgan fingerprint density at radius 3 is 2.52 bits per heavy atom. The number of hydrogen-bond acceptors (Lipinski definition) is 6. The van der Waals surface area contributed by atoms with E-state index in [9.17, 15) is 0 Å². The first-order valence-electron chi connectivity index (χ1n) is 11.7. The largest absolute Gasteiger partial charge is 0.487 e. The first kappa shape index (κ1) is 21.6. The second-order valence-corrected chi connectivity index (χ2v) is 9.96. The number of anilines is 3. The van der Waals surface area contributed by atoms with Crippen molar-refractivity contribution in [3.8, 4) is 11.4 Å². The summed E-state index contributed by atoms with van der Waals surface area (Å²) in [5, 5.41) is 0. The van der Waals surface area contributed by atoms with E-state index in [4.69, 9.17) is 16.2 Å². The van der Waals surface area contributed by atoms with Gasteiger partial charge >= 0.3 is 0 Å². The summed E-state index contributed by atoms with van der Waals surface area (Å²) in [6.07, 6.45) is 6.38. The van der Waals surface area contributed by atoms with E-state index in [-0.39, 0.29) is 5.60 Å². The zero-order chi connectivity index (χ0) is 23.3. The minimum absolute atomic E-state index is 0.178. The first-order chi connectivity index (χ1) is 15.7. The number of aromatic nitrogens is 2. The highest BCUT2D eigenvalue weighted by molar-refractivity contribution is 5.68. The van der Waals surface area contributed by atoms with E-state index in [0.717, 1.165) is 67.5 Å². The maximum Gasteiger partial charge on any atom is 0.127 e. The summed E-state index contributed by atoms with van der Waals surface area (Å²) in [6.45, 7) is 13.3. The number of hydrogen-bond donors (Lipinski definition) is 2. The molecule has 1 fully saturated rings. The number of nitrogens with zero attached hydrogens (tertiary/aromatic N) is 4. The Morgan fingerprint density at radius 2 is 1.82 bits per heavy atom. The predicted molar refractivity (Wildman–Crippen MR) is 134 cm³/mol. The van der Waals surface area contributed by atoms with Crippen LogP contribution in [0.5, 0.6) is 5.75 Å². The van der Waals surface area contributed by atoms with Gasteiger partial charge in [-0.05, 0) is 62.6 Å². The molecular formula is C26H34N6O. The average Bonchev–Trinajstić information content (AvgIpc) is 3.44. The van der Waals surface area contributed by atoms with Crippen molar-refractivity contribution in [3.63, 3.8) is 0 Å². The predicted octanol–water partition coefficient (Wildman–Crippen LogP) is 3.69. The van der Waals surface area contributed by atoms with Crippen LogP contribution in [0.1, 0.15) is 36.1 Å². The smallest absolute Gasteiger partial charge is 0.127 e. The number of benzene rings is 2. The maximum absolute atomic E-state index is 6.65. The summed E-state index contributed by atoms with van der Waals surface area (Å²) in [6, 6.07) is 6.25. The molecule has 0 saturated carbocycles. The van der Waals surface area contributed by atoms with Gasteiger partial charge in [0.15, 0.2) is 0 Å². The fraction of sp³-hybridized carbons (Fsp3) is 0.423. The van der Waals surface area contributed by atoms with Gasteiger partial charge < -0.3 is 25.7 Å². The number of fused-ring (bicyclic) bond motifs is 1. The lowest BCUT2D eigenvalue weighted by atomic mass is 9.91. The number of imidazole rings is 1. The lowest BCUT2D eigenvalue weighted by molar-refractivity contribution is 0.137. The third kappa shape index (κ3) is 3.91. The zero-order valence-electron chi connectivity index (χ0n) is 20.1. The highest BCUT2D eigenvalue weighted by Gasteiger charge is 2.35. The van der Waals surface area contributed by atoms with Crippen LogP contribution in [0.2, 0.25) is 0 Å². The fourth-order valence-electron chi connectivity index (χ4n) is 5.11. The minimum Gasteiger partial charge on any atom is -0.487 e. The topological polar surface area (TPSA) is 85.6 Å². The summed E-state index contributed by atoms with van der Waals surface area (Å²) in [5.74, 6) is 1.05. The van der Waals surface area contributed by atoms with Crippen LogP contribution in [0.15, 0.2) is 36.9 Å². The van der Waals surface area contributed by atoms with Gasteiger partial charge in [0.05, 0.1) is 17.7 Å². The SMILES string of the molecule is Cc1c(C)c2c(c(CN3CCN(c4ccc(N)c(-n5ccnc5)c4)CC3)c1N)CC(C)(C)O2. The van der Waals surface area contributed by atoms with E-state index in [1.165, 1.54) is 22.4 Å². The fourth-order valence-corrected chi connectivity index (χ4v) is 5.11. The molecule has 33 heavy (non-hydrogen) atoms. The van der Waals surface area contributed by atoms with Gasteiger partial charge in [-0.15, -0.1) is 0 Å². The molecule has 0 aliphatic carbocycles. The van der Waals surface area contributed by atoms with Gasteiger partial charge in [-0.2, -0.15) is 0 Å². The van der Waals surface area contributed by atoms with Crippen molar-refractivity contribution in [2.75, 3.05) is 42.5 Å². The quantitative estimate of drug-likeness (QED) is 0.595. The van der Waals surface area contributed by atoms with Crippen LogP contribution in [0.4, 0.5) is 17.1 Å². The van der Waals surface area contributed by atoms with Crippen LogP contribution in [-0.4, -0.2) is 46.2 Å². The third-order valence-corrected chi connectivity index (χ3v) is 7.17. The summed E-state index contributed by atoms with van der Waals surface area (Å²) in [5.41, 5.74) is 21.4. The van der Waals surface area contributed by atoms with Crippen molar-refractivity contribution < 1.29 is 4.74 Å². The van der Waals surface area contributed by atoms with Crippen molar-refractivity contribution in [1.29, 1.82) is 0 Å². The van der Waals surface area contributed by atoms with E-state index in [0.29, 0.717) is 0 Å². The van der Waals surface area contributed by atoms with Crippen LogP contribution < -0.4 is 21.1 Å². The molecule has 3 heterocycles. The lowest BCUT2D eigenvalue weighted by Gasteiger charge is -2.37. The highest BCUT2D eigenvalue weighted by Crippen LogP contribution is 2.44. The molecule has 2 aromatic carbocycles. The van der Waals surface area contributed by atoms with Gasteiger partial charge in [-0.25, -0.2) is 4.98 Å². The molecule has 3 aromatic rings. The second kappa shape index (κ2) is 7.99. The van der Waals surface area contributed by atoms with Gasteiger partial charge in [0, 0.05) is 68.5 Å². The minimum atomic E-state index is -0.178. The van der Waals surface area contributed by atoms with Crippen LogP contribution in [0, 0.1) is 13.8 Å². The monoisotopic (exact) mass is 446 g/mol. The zero-order valence-corrected chi connectivity index (χ0v) is 20.1. The van der Waals surface area contributed by atoms with Crippen molar-refractivity contribution >= 4 is 17.1 Å². The number of nitrogen functional groups attached to an aromatic ring is 2. The van der Waals surface area contributed by atoms with Gasteiger partial charge in [0.25, 0.3) is 0 Å². The Morgan fingerprint density at radius 1 is 1.06 bits per heavy atom. The van der Waals surface area contributed by atoms with E-state index >= 15 is 0 Å². The molecule has 2 aliphatic rings. The second-order valence-electron chi connectivity index (χ2n) is 9.96. The molecule has 2 aliphatic heterocycles. The van der Waals surface area contributed by atoms with Gasteiger partial charge in [0.1, 0.15) is 11.4 Å². The number of rotatable bonds is 4. The molecule has 7 heteroatoms. The summed E-state index contributed by atoms with van der Waals surface area (Å²) >= 11 is 0. The Balaban J connectivity index is 1.32. The van der Waals surface area contributed by atoms with Crippen LogP contribution in [0.3, 0.4) is 0 Å². The number of piperazine rings is 1. The first-order valence-corrected chi connectivity index (χ1v) is 11.7. The van der Waals surface area contributed by atoms with Crippen LogP contribution >= 0.6 is 0 Å². The van der Waals surface area contributed by atoms with Crippen molar-refractivity contribution in [2.45, 2.75) is 46.3 Å². The van der Waals surface area contributed by atoms with Gasteiger partial charge in [0.2, 0.25) is 0 Å². The summed E-state index contributed by atoms with van der Waals surface area (Å²) < 4.78 is 8.28. The molecule has 5 rings (SSSR count). The molecule has 0 unspecified atom stereocenters. The average molecular weight is 447 g/mol. The molecule has 0 bridgehead atoms. The Bertz CT molecular complexity index is 1180. The van der Waals surface area contributed by atoms with E-state index in [1.54, 1.807) is 12.5 Å². The van der Waals surface area contributed by atoms with Gasteiger partial charge in [-0.3, -0.25) is 4.90 Å². The molecule has 0 radical (unpaired) electrons. The summed E-state index contributed by atoms with van der Waals surface area (Å²) in [4.78, 5) is 9.09. The molecule has 1 aromatic heterocycles. The molecule has 0 amide bonds. The third-order valence-electron chi connectivity index (χ3n) is 7.17. The Kier molecular flexibility index (Phi) is 5.24.